The second-order valence-electron chi connectivity index (χ2n) is 4.60. The summed E-state index contributed by atoms with van der Waals surface area (Å²) in [5.74, 6) is 0. The Labute approximate surface area is 104 Å². The Morgan fingerprint density at radius 2 is 2.12 bits per heavy atom. The van der Waals surface area contributed by atoms with Crippen LogP contribution in [0.3, 0.4) is 0 Å². The molecule has 0 aliphatic heterocycles. The number of aromatic nitrogens is 1. The summed E-state index contributed by atoms with van der Waals surface area (Å²) in [6.07, 6.45) is 2.36. The molecular weight excluding hydrogens is 208 g/mol. The van der Waals surface area contributed by atoms with E-state index in [1.807, 2.05) is 7.05 Å². The van der Waals surface area contributed by atoms with Crippen molar-refractivity contribution in [3.63, 3.8) is 0 Å². The summed E-state index contributed by atoms with van der Waals surface area (Å²) < 4.78 is 2.46. The van der Waals surface area contributed by atoms with E-state index in [1.54, 1.807) is 0 Å². The van der Waals surface area contributed by atoms with Gasteiger partial charge in [0.1, 0.15) is 0 Å². The normalized spacial score (nSPS) is 11.2. The van der Waals surface area contributed by atoms with Gasteiger partial charge in [0, 0.05) is 17.6 Å². The van der Waals surface area contributed by atoms with Crippen LogP contribution >= 0.6 is 0 Å². The van der Waals surface area contributed by atoms with Gasteiger partial charge in [0.15, 0.2) is 0 Å². The van der Waals surface area contributed by atoms with Crippen LogP contribution in [0.15, 0.2) is 24.3 Å². The Balaban J connectivity index is 2.38. The molecule has 0 amide bonds. The van der Waals surface area contributed by atoms with Crippen LogP contribution in [0, 0.1) is 6.92 Å². The third-order valence-corrected chi connectivity index (χ3v) is 3.38. The van der Waals surface area contributed by atoms with Gasteiger partial charge < -0.3 is 9.88 Å². The molecule has 1 heterocycles. The minimum atomic E-state index is 1.06. The molecule has 2 rings (SSSR count). The molecule has 17 heavy (non-hydrogen) atoms. The molecule has 1 aromatic carbocycles. The van der Waals surface area contributed by atoms with Crippen molar-refractivity contribution in [2.75, 3.05) is 13.6 Å². The van der Waals surface area contributed by atoms with Crippen molar-refractivity contribution in [1.82, 2.24) is 9.88 Å². The lowest BCUT2D eigenvalue weighted by Crippen LogP contribution is -2.10. The molecule has 0 saturated heterocycles. The standard InChI is InChI=1S/C15H22N2/c1-4-17-14(9-6-10-16-3)11-13-8-5-7-12(2)15(13)17/h5,7-8,11,16H,4,6,9-10H2,1-3H3. The van der Waals surface area contributed by atoms with E-state index in [1.165, 1.54) is 28.6 Å². The number of fused-ring (bicyclic) bond motifs is 1. The van der Waals surface area contributed by atoms with Gasteiger partial charge in [-0.05, 0) is 51.9 Å². The van der Waals surface area contributed by atoms with Gasteiger partial charge in [-0.25, -0.2) is 0 Å². The van der Waals surface area contributed by atoms with Crippen molar-refractivity contribution >= 4 is 10.9 Å². The first kappa shape index (κ1) is 12.2. The monoisotopic (exact) mass is 230 g/mol. The summed E-state index contributed by atoms with van der Waals surface area (Å²) in [5, 5.41) is 4.59. The maximum atomic E-state index is 3.21. The molecule has 1 N–H and O–H groups in total. The number of rotatable bonds is 5. The molecule has 0 fully saturated rings. The molecule has 0 unspecified atom stereocenters. The number of nitrogens with zero attached hydrogens (tertiary/aromatic N) is 1. The fourth-order valence-electron chi connectivity index (χ4n) is 2.58. The van der Waals surface area contributed by atoms with Crippen LogP contribution in [-0.2, 0) is 13.0 Å². The number of para-hydroxylation sites is 1. The molecule has 2 aromatic rings. The summed E-state index contributed by atoms with van der Waals surface area (Å²) in [4.78, 5) is 0. The maximum absolute atomic E-state index is 3.21. The average Bonchev–Trinajstić information content (AvgIpc) is 2.68. The highest BCUT2D eigenvalue weighted by molar-refractivity contribution is 5.84. The molecule has 1 aromatic heterocycles. The number of nitrogens with one attached hydrogen (secondary N) is 1. The smallest absolute Gasteiger partial charge is 0.0512 e. The first-order valence-corrected chi connectivity index (χ1v) is 6.50. The van der Waals surface area contributed by atoms with E-state index in [0.29, 0.717) is 0 Å². The van der Waals surface area contributed by atoms with Crippen LogP contribution in [-0.4, -0.2) is 18.2 Å². The SMILES string of the molecule is CCn1c(CCCNC)cc2cccc(C)c21. The molecule has 0 atom stereocenters. The van der Waals surface area contributed by atoms with Crippen LogP contribution in [0.5, 0.6) is 0 Å². The highest BCUT2D eigenvalue weighted by Gasteiger charge is 2.08. The van der Waals surface area contributed by atoms with Crippen LogP contribution in [0.2, 0.25) is 0 Å². The molecule has 0 bridgehead atoms. The lowest BCUT2D eigenvalue weighted by molar-refractivity contribution is 0.672. The van der Waals surface area contributed by atoms with E-state index in [9.17, 15) is 0 Å². The first-order valence-electron chi connectivity index (χ1n) is 6.50. The van der Waals surface area contributed by atoms with Gasteiger partial charge in [-0.1, -0.05) is 18.2 Å². The van der Waals surface area contributed by atoms with E-state index in [2.05, 4.69) is 48.0 Å². The van der Waals surface area contributed by atoms with Crippen LogP contribution in [0.25, 0.3) is 10.9 Å². The van der Waals surface area contributed by atoms with E-state index in [0.717, 1.165) is 19.5 Å². The average molecular weight is 230 g/mol. The van der Waals surface area contributed by atoms with Gasteiger partial charge in [0.25, 0.3) is 0 Å². The van der Waals surface area contributed by atoms with Crippen LogP contribution in [0.4, 0.5) is 0 Å². The lowest BCUT2D eigenvalue weighted by Gasteiger charge is -2.09. The molecule has 0 spiro atoms. The van der Waals surface area contributed by atoms with Gasteiger partial charge >= 0.3 is 0 Å². The topological polar surface area (TPSA) is 17.0 Å². The third-order valence-electron chi connectivity index (χ3n) is 3.38. The summed E-state index contributed by atoms with van der Waals surface area (Å²) >= 11 is 0. The largest absolute Gasteiger partial charge is 0.345 e. The first-order chi connectivity index (χ1) is 8.27. The number of hydrogen-bond acceptors (Lipinski definition) is 1. The zero-order valence-corrected chi connectivity index (χ0v) is 11.1. The minimum Gasteiger partial charge on any atom is -0.345 e. The van der Waals surface area contributed by atoms with E-state index in [-0.39, 0.29) is 0 Å². The van der Waals surface area contributed by atoms with Crippen LogP contribution < -0.4 is 5.32 Å². The highest BCUT2D eigenvalue weighted by Crippen LogP contribution is 2.23. The summed E-state index contributed by atoms with van der Waals surface area (Å²) in [6.45, 7) is 6.58. The van der Waals surface area contributed by atoms with Crippen molar-refractivity contribution in [2.45, 2.75) is 33.2 Å². The van der Waals surface area contributed by atoms with Crippen molar-refractivity contribution in [1.29, 1.82) is 0 Å². The summed E-state index contributed by atoms with van der Waals surface area (Å²) in [5.41, 5.74) is 4.26. The molecule has 2 heteroatoms. The molecule has 2 nitrogen and oxygen atoms in total. The third kappa shape index (κ3) is 2.37. The van der Waals surface area contributed by atoms with E-state index >= 15 is 0 Å². The zero-order chi connectivity index (χ0) is 12.3. The minimum absolute atomic E-state index is 1.06. The Morgan fingerprint density at radius 3 is 2.82 bits per heavy atom. The number of hydrogen-bond donors (Lipinski definition) is 1. The van der Waals surface area contributed by atoms with Crippen molar-refractivity contribution in [3.8, 4) is 0 Å². The van der Waals surface area contributed by atoms with E-state index < -0.39 is 0 Å². The fraction of sp³-hybridized carbons (Fsp3) is 0.467. The van der Waals surface area contributed by atoms with Crippen molar-refractivity contribution in [3.05, 3.63) is 35.5 Å². The molecular formula is C15H22N2. The molecule has 0 aliphatic carbocycles. The second kappa shape index (κ2) is 5.37. The molecule has 0 aliphatic rings. The summed E-state index contributed by atoms with van der Waals surface area (Å²) in [7, 11) is 2.01. The molecule has 0 saturated carbocycles. The fourth-order valence-corrected chi connectivity index (χ4v) is 2.58. The van der Waals surface area contributed by atoms with Gasteiger partial charge in [-0.2, -0.15) is 0 Å². The van der Waals surface area contributed by atoms with Gasteiger partial charge in [-0.3, -0.25) is 0 Å². The van der Waals surface area contributed by atoms with Crippen molar-refractivity contribution < 1.29 is 0 Å². The quantitative estimate of drug-likeness (QED) is 0.781. The maximum Gasteiger partial charge on any atom is 0.0512 e. The predicted molar refractivity (Wildman–Crippen MR) is 74.6 cm³/mol. The Hall–Kier alpha value is -1.28. The molecule has 92 valence electrons. The van der Waals surface area contributed by atoms with Crippen LogP contribution in [0.1, 0.15) is 24.6 Å². The highest BCUT2D eigenvalue weighted by atomic mass is 15.0. The lowest BCUT2D eigenvalue weighted by atomic mass is 10.1. The Morgan fingerprint density at radius 1 is 1.29 bits per heavy atom. The van der Waals surface area contributed by atoms with Crippen molar-refractivity contribution in [2.24, 2.45) is 0 Å². The van der Waals surface area contributed by atoms with Gasteiger partial charge in [-0.15, -0.1) is 0 Å². The Bertz CT molecular complexity index is 497. The summed E-state index contributed by atoms with van der Waals surface area (Å²) in [6, 6.07) is 8.92. The van der Waals surface area contributed by atoms with E-state index in [4.69, 9.17) is 0 Å². The number of benzene rings is 1. The predicted octanol–water partition coefficient (Wildman–Crippen LogP) is 3.12. The number of aryl methyl sites for hydroxylation is 3. The molecule has 0 radical (unpaired) electrons. The van der Waals surface area contributed by atoms with Gasteiger partial charge in [0.05, 0.1) is 5.52 Å². The Kier molecular flexibility index (Phi) is 3.85. The zero-order valence-electron chi connectivity index (χ0n) is 11.1. The van der Waals surface area contributed by atoms with Gasteiger partial charge in [0.2, 0.25) is 0 Å². The second-order valence-corrected chi connectivity index (χ2v) is 4.60.